The molecule has 0 aliphatic rings. The van der Waals surface area contributed by atoms with Gasteiger partial charge in [-0.25, -0.2) is 0 Å². The lowest BCUT2D eigenvalue weighted by molar-refractivity contribution is 0.0956. The molecule has 4 aromatic carbocycles. The van der Waals surface area contributed by atoms with Crippen LogP contribution >= 0.6 is 0 Å². The first-order valence-corrected chi connectivity index (χ1v) is 13.2. The van der Waals surface area contributed by atoms with Gasteiger partial charge in [-0.15, -0.1) is 0 Å². The Hall–Kier alpha value is -3.28. The normalized spacial score (nSPS) is 12.7. The molecule has 4 rings (SSSR count). The van der Waals surface area contributed by atoms with Gasteiger partial charge in [0.15, 0.2) is 0 Å². The zero-order chi connectivity index (χ0) is 27.7. The van der Waals surface area contributed by atoms with Gasteiger partial charge in [0, 0.05) is 0 Å². The highest BCUT2D eigenvalue weighted by atomic mass is 16.3. The zero-order valence-electron chi connectivity index (χ0n) is 22.8. The van der Waals surface area contributed by atoms with Gasteiger partial charge in [0.25, 0.3) is 0 Å². The Morgan fingerprint density at radius 3 is 1.24 bits per heavy atom. The third kappa shape index (κ3) is 7.86. The smallest absolute Gasteiger partial charge is 0.102 e. The molecule has 2 unspecified atom stereocenters. The Bertz CT molecular complexity index is 1280. The summed E-state index contributed by atoms with van der Waals surface area (Å²) in [5.74, 6) is 1.00. The minimum atomic E-state index is -0.812. The maximum Gasteiger partial charge on any atom is 0.102 e. The van der Waals surface area contributed by atoms with Gasteiger partial charge in [-0.1, -0.05) is 119 Å². The molecule has 0 bridgehead atoms. The lowest BCUT2D eigenvalue weighted by Gasteiger charge is -2.11. The Kier molecular flexibility index (Phi) is 10.8. The number of aliphatic hydroxyl groups is 4. The highest BCUT2D eigenvalue weighted by molar-refractivity contribution is 5.66. The van der Waals surface area contributed by atoms with Crippen LogP contribution in [0.5, 0.6) is 0 Å². The summed E-state index contributed by atoms with van der Waals surface area (Å²) in [6.45, 7) is 8.20. The number of benzene rings is 4. The van der Waals surface area contributed by atoms with E-state index in [1.54, 1.807) is 0 Å². The van der Waals surface area contributed by atoms with Crippen LogP contribution in [0, 0.1) is 0 Å². The van der Waals surface area contributed by atoms with Gasteiger partial charge in [0.1, 0.15) is 12.2 Å². The van der Waals surface area contributed by atoms with E-state index in [2.05, 4.69) is 76.2 Å². The lowest BCUT2D eigenvalue weighted by atomic mass is 9.96. The van der Waals surface area contributed by atoms with Crippen molar-refractivity contribution in [2.75, 3.05) is 13.2 Å². The average molecular weight is 513 g/mol. The van der Waals surface area contributed by atoms with E-state index >= 15 is 0 Å². The summed E-state index contributed by atoms with van der Waals surface area (Å²) in [6.07, 6.45) is -1.61. The van der Waals surface area contributed by atoms with Crippen LogP contribution in [0.2, 0.25) is 0 Å². The molecule has 2 atom stereocenters. The second-order valence-electron chi connectivity index (χ2n) is 10.2. The molecule has 4 heteroatoms. The number of rotatable bonds is 8. The van der Waals surface area contributed by atoms with E-state index in [-0.39, 0.29) is 13.2 Å². The molecular weight excluding hydrogens is 472 g/mol. The molecule has 4 aromatic rings. The van der Waals surface area contributed by atoms with Crippen molar-refractivity contribution in [3.05, 3.63) is 119 Å². The first-order valence-electron chi connectivity index (χ1n) is 13.2. The topological polar surface area (TPSA) is 80.9 Å². The van der Waals surface area contributed by atoms with E-state index in [1.807, 2.05) is 48.5 Å². The van der Waals surface area contributed by atoms with Gasteiger partial charge >= 0.3 is 0 Å². The summed E-state index contributed by atoms with van der Waals surface area (Å²) in [4.78, 5) is 0. The average Bonchev–Trinajstić information content (AvgIpc) is 2.97. The van der Waals surface area contributed by atoms with Crippen LogP contribution in [-0.2, 0) is 0 Å². The summed E-state index contributed by atoms with van der Waals surface area (Å²) in [5, 5.41) is 37.2. The van der Waals surface area contributed by atoms with Crippen LogP contribution in [0.15, 0.2) is 97.1 Å². The Labute approximate surface area is 226 Å². The fraction of sp³-hybridized carbons (Fsp3) is 0.294. The molecule has 0 aromatic heterocycles. The molecule has 200 valence electrons. The molecule has 0 saturated carbocycles. The summed E-state index contributed by atoms with van der Waals surface area (Å²) in [7, 11) is 0. The van der Waals surface area contributed by atoms with Crippen molar-refractivity contribution < 1.29 is 20.4 Å². The molecule has 0 amide bonds. The van der Waals surface area contributed by atoms with Crippen LogP contribution in [0.25, 0.3) is 22.3 Å². The van der Waals surface area contributed by atoms with E-state index in [0.29, 0.717) is 11.8 Å². The second-order valence-corrected chi connectivity index (χ2v) is 10.2. The molecule has 0 aliphatic carbocycles. The van der Waals surface area contributed by atoms with Crippen molar-refractivity contribution >= 4 is 0 Å². The van der Waals surface area contributed by atoms with Crippen LogP contribution in [0.4, 0.5) is 0 Å². The third-order valence-electron chi connectivity index (χ3n) is 6.69. The SMILES string of the molecule is CC(C)c1cccc(-c2ccc(C(O)CO)cc2)c1.CC(C)c1cccc(-c2cccc(C(O)CO)c2)c1. The molecular formula is C34H40O4. The maximum atomic E-state index is 9.69. The van der Waals surface area contributed by atoms with Gasteiger partial charge in [0.05, 0.1) is 13.2 Å². The third-order valence-corrected chi connectivity index (χ3v) is 6.69. The van der Waals surface area contributed by atoms with Gasteiger partial charge in [-0.05, 0) is 62.4 Å². The maximum absolute atomic E-state index is 9.69. The van der Waals surface area contributed by atoms with Crippen LogP contribution in [0.1, 0.15) is 74.0 Å². The van der Waals surface area contributed by atoms with Crippen LogP contribution in [-0.4, -0.2) is 33.6 Å². The zero-order valence-corrected chi connectivity index (χ0v) is 22.8. The predicted octanol–water partition coefficient (Wildman–Crippen LogP) is 7.01. The Balaban J connectivity index is 0.000000211. The minimum absolute atomic E-state index is 0.248. The largest absolute Gasteiger partial charge is 0.393 e. The molecule has 38 heavy (non-hydrogen) atoms. The van der Waals surface area contributed by atoms with E-state index in [4.69, 9.17) is 10.2 Å². The fourth-order valence-electron chi connectivity index (χ4n) is 4.19. The fourth-order valence-corrected chi connectivity index (χ4v) is 4.19. The van der Waals surface area contributed by atoms with Crippen LogP contribution < -0.4 is 0 Å². The van der Waals surface area contributed by atoms with Crippen molar-refractivity contribution in [3.63, 3.8) is 0 Å². The summed E-state index contributed by atoms with van der Waals surface area (Å²) in [6, 6.07) is 32.3. The predicted molar refractivity (Wildman–Crippen MR) is 156 cm³/mol. The molecule has 0 saturated heterocycles. The van der Waals surface area contributed by atoms with E-state index in [9.17, 15) is 10.2 Å². The molecule has 0 radical (unpaired) electrons. The minimum Gasteiger partial charge on any atom is -0.393 e. The number of hydrogen-bond donors (Lipinski definition) is 4. The van der Waals surface area contributed by atoms with Crippen molar-refractivity contribution in [2.24, 2.45) is 0 Å². The number of aliphatic hydroxyl groups excluding tert-OH is 4. The van der Waals surface area contributed by atoms with E-state index in [1.165, 1.54) is 16.7 Å². The summed E-state index contributed by atoms with van der Waals surface area (Å²) < 4.78 is 0. The summed E-state index contributed by atoms with van der Waals surface area (Å²) >= 11 is 0. The second kappa shape index (κ2) is 14.0. The highest BCUT2D eigenvalue weighted by Crippen LogP contribution is 2.27. The Morgan fingerprint density at radius 2 is 0.816 bits per heavy atom. The monoisotopic (exact) mass is 512 g/mol. The van der Waals surface area contributed by atoms with Crippen LogP contribution in [0.3, 0.4) is 0 Å². The lowest BCUT2D eigenvalue weighted by Crippen LogP contribution is -2.02. The van der Waals surface area contributed by atoms with Gasteiger partial charge in [0.2, 0.25) is 0 Å². The molecule has 0 aliphatic heterocycles. The molecule has 4 N–H and O–H groups in total. The van der Waals surface area contributed by atoms with Gasteiger partial charge in [-0.2, -0.15) is 0 Å². The first kappa shape index (κ1) is 29.3. The standard InChI is InChI=1S/2C17H20O2/c1-12(2)13-5-3-6-14(9-13)15-7-4-8-16(10-15)17(19)11-18;1-12(2)15-4-3-5-16(10-15)13-6-8-14(9-7-13)17(19)11-18/h2*3-10,12,17-19H,11H2,1-2H3. The quantitative estimate of drug-likeness (QED) is 0.205. The van der Waals surface area contributed by atoms with Crippen molar-refractivity contribution in [1.82, 2.24) is 0 Å². The first-order chi connectivity index (χ1) is 18.2. The highest BCUT2D eigenvalue weighted by Gasteiger charge is 2.09. The van der Waals surface area contributed by atoms with E-state index in [0.717, 1.165) is 27.8 Å². The van der Waals surface area contributed by atoms with E-state index < -0.39 is 12.2 Å². The number of hydrogen-bond acceptors (Lipinski definition) is 4. The molecule has 0 heterocycles. The van der Waals surface area contributed by atoms with Crippen molar-refractivity contribution in [2.45, 2.75) is 51.7 Å². The Morgan fingerprint density at radius 1 is 0.447 bits per heavy atom. The summed E-state index contributed by atoms with van der Waals surface area (Å²) in [5.41, 5.74) is 8.60. The molecule has 0 fully saturated rings. The molecule has 0 spiro atoms. The van der Waals surface area contributed by atoms with Crippen molar-refractivity contribution in [3.8, 4) is 22.3 Å². The van der Waals surface area contributed by atoms with Gasteiger partial charge < -0.3 is 20.4 Å². The van der Waals surface area contributed by atoms with Gasteiger partial charge in [-0.3, -0.25) is 0 Å². The molecule has 4 nitrogen and oxygen atoms in total. The van der Waals surface area contributed by atoms with Crippen molar-refractivity contribution in [1.29, 1.82) is 0 Å².